The van der Waals surface area contributed by atoms with Gasteiger partial charge in [-0.2, -0.15) is 5.10 Å². The number of aromatic nitrogens is 5. The summed E-state index contributed by atoms with van der Waals surface area (Å²) in [7, 11) is 1.85. The Balaban J connectivity index is 1.77. The normalized spacial score (nSPS) is 10.9. The highest BCUT2D eigenvalue weighted by Crippen LogP contribution is 2.21. The van der Waals surface area contributed by atoms with Crippen molar-refractivity contribution in [3.05, 3.63) is 41.7 Å². The van der Waals surface area contributed by atoms with Gasteiger partial charge >= 0.3 is 0 Å². The Bertz CT molecular complexity index is 739. The van der Waals surface area contributed by atoms with Gasteiger partial charge in [0.1, 0.15) is 12.1 Å². The molecular formula is C13H13ClN6. The van der Waals surface area contributed by atoms with Crippen LogP contribution < -0.4 is 5.32 Å². The SMILES string of the molecule is Cn1cnc(CCNc2nc(Cl)nc3ccccc23)n1. The molecule has 6 nitrogen and oxygen atoms in total. The van der Waals surface area contributed by atoms with Crippen LogP contribution in [0.3, 0.4) is 0 Å². The first-order chi connectivity index (χ1) is 9.72. The third-order valence-corrected chi connectivity index (χ3v) is 3.03. The van der Waals surface area contributed by atoms with Crippen LogP contribution in [0.15, 0.2) is 30.6 Å². The zero-order valence-corrected chi connectivity index (χ0v) is 11.7. The van der Waals surface area contributed by atoms with Gasteiger partial charge in [0.05, 0.1) is 5.52 Å². The fourth-order valence-corrected chi connectivity index (χ4v) is 2.15. The van der Waals surface area contributed by atoms with E-state index in [0.29, 0.717) is 6.54 Å². The molecule has 7 heteroatoms. The minimum atomic E-state index is 0.238. The molecule has 0 saturated carbocycles. The predicted molar refractivity (Wildman–Crippen MR) is 77.7 cm³/mol. The predicted octanol–water partition coefficient (Wildman–Crippen LogP) is 2.07. The fraction of sp³-hybridized carbons (Fsp3) is 0.231. The molecule has 0 atom stereocenters. The van der Waals surface area contributed by atoms with Crippen LogP contribution >= 0.6 is 11.6 Å². The number of nitrogens with zero attached hydrogens (tertiary/aromatic N) is 5. The molecule has 1 N–H and O–H groups in total. The molecule has 102 valence electrons. The minimum Gasteiger partial charge on any atom is -0.369 e. The molecule has 0 bridgehead atoms. The Morgan fingerprint density at radius 1 is 1.25 bits per heavy atom. The first-order valence-corrected chi connectivity index (χ1v) is 6.61. The molecule has 0 unspecified atom stereocenters. The minimum absolute atomic E-state index is 0.238. The second-order valence-corrected chi connectivity index (χ2v) is 4.71. The number of aryl methyl sites for hydroxylation is 1. The van der Waals surface area contributed by atoms with Crippen molar-refractivity contribution in [1.29, 1.82) is 0 Å². The lowest BCUT2D eigenvalue weighted by Gasteiger charge is -2.07. The topological polar surface area (TPSA) is 68.5 Å². The number of fused-ring (bicyclic) bond motifs is 1. The largest absolute Gasteiger partial charge is 0.369 e. The molecule has 2 aromatic heterocycles. The lowest BCUT2D eigenvalue weighted by Crippen LogP contribution is -2.08. The first kappa shape index (κ1) is 12.8. The smallest absolute Gasteiger partial charge is 0.224 e. The van der Waals surface area contributed by atoms with Crippen molar-refractivity contribution in [2.45, 2.75) is 6.42 Å². The highest BCUT2D eigenvalue weighted by Gasteiger charge is 2.06. The van der Waals surface area contributed by atoms with Gasteiger partial charge in [0, 0.05) is 25.4 Å². The number of hydrogen-bond donors (Lipinski definition) is 1. The van der Waals surface area contributed by atoms with E-state index < -0.39 is 0 Å². The van der Waals surface area contributed by atoms with Gasteiger partial charge in [-0.25, -0.2) is 15.0 Å². The first-order valence-electron chi connectivity index (χ1n) is 6.23. The van der Waals surface area contributed by atoms with E-state index in [1.807, 2.05) is 31.3 Å². The molecule has 0 aliphatic carbocycles. The number of rotatable bonds is 4. The van der Waals surface area contributed by atoms with E-state index in [0.717, 1.165) is 29.0 Å². The second-order valence-electron chi connectivity index (χ2n) is 4.37. The molecule has 0 amide bonds. The van der Waals surface area contributed by atoms with Gasteiger partial charge in [-0.15, -0.1) is 0 Å². The zero-order valence-electron chi connectivity index (χ0n) is 10.9. The molecule has 0 saturated heterocycles. The van der Waals surface area contributed by atoms with Crippen molar-refractivity contribution in [1.82, 2.24) is 24.7 Å². The van der Waals surface area contributed by atoms with Gasteiger partial charge in [0.25, 0.3) is 0 Å². The van der Waals surface area contributed by atoms with Crippen LogP contribution in [0.1, 0.15) is 5.82 Å². The number of nitrogens with one attached hydrogen (secondary N) is 1. The summed E-state index contributed by atoms with van der Waals surface area (Å²) in [5, 5.41) is 8.68. The average molecular weight is 289 g/mol. The lowest BCUT2D eigenvalue weighted by atomic mass is 10.2. The van der Waals surface area contributed by atoms with Crippen molar-refractivity contribution in [3.8, 4) is 0 Å². The maximum Gasteiger partial charge on any atom is 0.224 e. The van der Waals surface area contributed by atoms with Crippen LogP contribution in [0.25, 0.3) is 10.9 Å². The van der Waals surface area contributed by atoms with Crippen LogP contribution in [0.2, 0.25) is 5.28 Å². The van der Waals surface area contributed by atoms with Crippen LogP contribution in [0.4, 0.5) is 5.82 Å². The Morgan fingerprint density at radius 3 is 2.90 bits per heavy atom. The number of anilines is 1. The van der Waals surface area contributed by atoms with Gasteiger partial charge in [-0.05, 0) is 23.7 Å². The summed E-state index contributed by atoms with van der Waals surface area (Å²) in [6, 6.07) is 7.75. The molecule has 0 radical (unpaired) electrons. The third-order valence-electron chi connectivity index (χ3n) is 2.86. The number of benzene rings is 1. The maximum absolute atomic E-state index is 5.93. The summed E-state index contributed by atoms with van der Waals surface area (Å²) in [5.41, 5.74) is 0.825. The highest BCUT2D eigenvalue weighted by atomic mass is 35.5. The van der Waals surface area contributed by atoms with Crippen molar-refractivity contribution >= 4 is 28.3 Å². The number of halogens is 1. The van der Waals surface area contributed by atoms with Gasteiger partial charge in [-0.1, -0.05) is 12.1 Å². The second kappa shape index (κ2) is 5.42. The third kappa shape index (κ3) is 2.70. The molecular weight excluding hydrogens is 276 g/mol. The summed E-state index contributed by atoms with van der Waals surface area (Å²) in [5.74, 6) is 1.53. The van der Waals surface area contributed by atoms with Crippen molar-refractivity contribution < 1.29 is 0 Å². The summed E-state index contributed by atoms with van der Waals surface area (Å²) in [6.45, 7) is 0.682. The van der Waals surface area contributed by atoms with Gasteiger partial charge in [0.15, 0.2) is 5.82 Å². The molecule has 3 aromatic rings. The fourth-order valence-electron chi connectivity index (χ4n) is 1.97. The summed E-state index contributed by atoms with van der Waals surface area (Å²) in [6.07, 6.45) is 2.41. The van der Waals surface area contributed by atoms with Crippen LogP contribution in [-0.2, 0) is 13.5 Å². The van der Waals surface area contributed by atoms with Crippen molar-refractivity contribution in [3.63, 3.8) is 0 Å². The molecule has 2 heterocycles. The van der Waals surface area contributed by atoms with Crippen LogP contribution in [0, 0.1) is 0 Å². The van der Waals surface area contributed by atoms with E-state index >= 15 is 0 Å². The molecule has 20 heavy (non-hydrogen) atoms. The average Bonchev–Trinajstić information content (AvgIpc) is 2.84. The summed E-state index contributed by atoms with van der Waals surface area (Å²) < 4.78 is 1.69. The summed E-state index contributed by atoms with van der Waals surface area (Å²) in [4.78, 5) is 12.6. The van der Waals surface area contributed by atoms with Crippen LogP contribution in [-0.4, -0.2) is 31.3 Å². The Hall–Kier alpha value is -2.21. The Morgan fingerprint density at radius 2 is 2.10 bits per heavy atom. The molecule has 1 aromatic carbocycles. The van der Waals surface area contributed by atoms with E-state index in [4.69, 9.17) is 11.6 Å². The zero-order chi connectivity index (χ0) is 13.9. The van der Waals surface area contributed by atoms with Gasteiger partial charge in [-0.3, -0.25) is 4.68 Å². The van der Waals surface area contributed by atoms with Crippen LogP contribution in [0.5, 0.6) is 0 Å². The molecule has 0 aliphatic rings. The van der Waals surface area contributed by atoms with Crippen molar-refractivity contribution in [2.75, 3.05) is 11.9 Å². The molecule has 0 aliphatic heterocycles. The number of hydrogen-bond acceptors (Lipinski definition) is 5. The van der Waals surface area contributed by atoms with Crippen molar-refractivity contribution in [2.24, 2.45) is 7.05 Å². The molecule has 0 fully saturated rings. The van der Waals surface area contributed by atoms with E-state index in [1.54, 1.807) is 11.0 Å². The van der Waals surface area contributed by atoms with Gasteiger partial charge < -0.3 is 5.32 Å². The Labute approximate surface area is 120 Å². The van der Waals surface area contributed by atoms with E-state index in [-0.39, 0.29) is 5.28 Å². The Kier molecular flexibility index (Phi) is 3.47. The molecule has 3 rings (SSSR count). The number of para-hydroxylation sites is 1. The monoisotopic (exact) mass is 288 g/mol. The van der Waals surface area contributed by atoms with Gasteiger partial charge in [0.2, 0.25) is 5.28 Å². The quantitative estimate of drug-likeness (QED) is 0.744. The highest BCUT2D eigenvalue weighted by molar-refractivity contribution is 6.28. The standard InChI is InChI=1S/C13H13ClN6/c1-20-8-16-11(19-20)6-7-15-12-9-4-2-3-5-10(9)17-13(14)18-12/h2-5,8H,6-7H2,1H3,(H,15,17,18). The van der Waals surface area contributed by atoms with E-state index in [2.05, 4.69) is 25.4 Å². The lowest BCUT2D eigenvalue weighted by molar-refractivity contribution is 0.742. The maximum atomic E-state index is 5.93. The summed E-state index contributed by atoms with van der Waals surface area (Å²) >= 11 is 5.93. The van der Waals surface area contributed by atoms with E-state index in [9.17, 15) is 0 Å². The van der Waals surface area contributed by atoms with E-state index in [1.165, 1.54) is 0 Å². The molecule has 0 spiro atoms.